The van der Waals surface area contributed by atoms with Gasteiger partial charge < -0.3 is 15.3 Å². The molecule has 1 aromatic heterocycles. The Balaban J connectivity index is 1.96. The second-order valence-corrected chi connectivity index (χ2v) is 3.86. The molecule has 0 saturated carbocycles. The highest BCUT2D eigenvalue weighted by Gasteiger charge is 2.03. The Morgan fingerprint density at radius 1 is 1.21 bits per heavy atom. The van der Waals surface area contributed by atoms with Crippen LogP contribution >= 0.6 is 0 Å². The molecule has 0 radical (unpaired) electrons. The first-order valence-corrected chi connectivity index (χ1v) is 5.81. The van der Waals surface area contributed by atoms with Gasteiger partial charge >= 0.3 is 0 Å². The molecule has 0 aliphatic carbocycles. The van der Waals surface area contributed by atoms with Crippen LogP contribution in [0.1, 0.15) is 5.69 Å². The summed E-state index contributed by atoms with van der Waals surface area (Å²) < 4.78 is 10.8. The van der Waals surface area contributed by atoms with E-state index in [1.54, 1.807) is 13.2 Å². The molecule has 0 fully saturated rings. The fraction of sp³-hybridized carbons (Fsp3) is 0.231. The molecule has 0 aliphatic heterocycles. The Bertz CT molecular complexity index is 610. The standard InChI is InChI=1S/C13H15N3O3/c1-18-11-4-2-3-5-12(11)19-9-8-10-6-7-13(17)16(14)15-10/h2-7H,8-9,14H2,1H3. The van der Waals surface area contributed by atoms with E-state index >= 15 is 0 Å². The first-order valence-electron chi connectivity index (χ1n) is 5.81. The van der Waals surface area contributed by atoms with Gasteiger partial charge in [0.1, 0.15) is 0 Å². The molecule has 0 saturated heterocycles. The molecule has 2 N–H and O–H groups in total. The number of hydrogen-bond acceptors (Lipinski definition) is 5. The van der Waals surface area contributed by atoms with Crippen LogP contribution in [0.15, 0.2) is 41.2 Å². The van der Waals surface area contributed by atoms with Gasteiger partial charge in [-0.3, -0.25) is 4.79 Å². The normalized spacial score (nSPS) is 10.2. The van der Waals surface area contributed by atoms with Crippen molar-refractivity contribution in [2.75, 3.05) is 19.6 Å². The van der Waals surface area contributed by atoms with E-state index in [1.807, 2.05) is 24.3 Å². The molecule has 0 unspecified atom stereocenters. The topological polar surface area (TPSA) is 79.4 Å². The fourth-order valence-corrected chi connectivity index (χ4v) is 1.60. The molecular formula is C13H15N3O3. The number of benzene rings is 1. The number of nitrogen functional groups attached to an aromatic ring is 1. The molecule has 0 bridgehead atoms. The van der Waals surface area contributed by atoms with Gasteiger partial charge in [0, 0.05) is 12.5 Å². The molecule has 0 atom stereocenters. The summed E-state index contributed by atoms with van der Waals surface area (Å²) in [6.07, 6.45) is 0.551. The van der Waals surface area contributed by atoms with E-state index in [9.17, 15) is 4.79 Å². The zero-order chi connectivity index (χ0) is 13.7. The first kappa shape index (κ1) is 12.9. The Morgan fingerprint density at radius 2 is 1.95 bits per heavy atom. The van der Waals surface area contributed by atoms with Gasteiger partial charge in [0.05, 0.1) is 19.4 Å². The predicted molar refractivity (Wildman–Crippen MR) is 70.8 cm³/mol. The largest absolute Gasteiger partial charge is 0.493 e. The van der Waals surface area contributed by atoms with Gasteiger partial charge in [-0.05, 0) is 18.2 Å². The predicted octanol–water partition coefficient (Wildman–Crippen LogP) is 0.587. The minimum atomic E-state index is -0.339. The summed E-state index contributed by atoms with van der Waals surface area (Å²) in [5.41, 5.74) is 0.353. The van der Waals surface area contributed by atoms with Crippen LogP contribution in [0.2, 0.25) is 0 Å². The van der Waals surface area contributed by atoms with E-state index in [4.69, 9.17) is 15.3 Å². The quantitative estimate of drug-likeness (QED) is 0.797. The van der Waals surface area contributed by atoms with E-state index in [2.05, 4.69) is 5.10 Å². The summed E-state index contributed by atoms with van der Waals surface area (Å²) in [6.45, 7) is 0.422. The lowest BCUT2D eigenvalue weighted by Crippen LogP contribution is -2.30. The third kappa shape index (κ3) is 3.25. The van der Waals surface area contributed by atoms with Crippen LogP contribution in [0, 0.1) is 0 Å². The lowest BCUT2D eigenvalue weighted by Gasteiger charge is -2.10. The molecule has 2 rings (SSSR count). The number of methoxy groups -OCH3 is 1. The highest BCUT2D eigenvalue weighted by atomic mass is 16.5. The highest BCUT2D eigenvalue weighted by Crippen LogP contribution is 2.25. The van der Waals surface area contributed by atoms with Gasteiger partial charge in [-0.15, -0.1) is 4.79 Å². The van der Waals surface area contributed by atoms with Crippen LogP contribution in [0.4, 0.5) is 0 Å². The maximum atomic E-state index is 11.1. The molecule has 6 nitrogen and oxygen atoms in total. The SMILES string of the molecule is COc1ccccc1OCCc1ccc(=O)n(N)n1. The van der Waals surface area contributed by atoms with Gasteiger partial charge in [0.15, 0.2) is 11.5 Å². The third-order valence-electron chi connectivity index (χ3n) is 2.57. The monoisotopic (exact) mass is 261 g/mol. The summed E-state index contributed by atoms with van der Waals surface area (Å²) >= 11 is 0. The fourth-order valence-electron chi connectivity index (χ4n) is 1.60. The smallest absolute Gasteiger partial charge is 0.285 e. The van der Waals surface area contributed by atoms with Crippen LogP contribution in [0.25, 0.3) is 0 Å². The van der Waals surface area contributed by atoms with E-state index < -0.39 is 0 Å². The van der Waals surface area contributed by atoms with Crippen molar-refractivity contribution < 1.29 is 9.47 Å². The van der Waals surface area contributed by atoms with E-state index in [-0.39, 0.29) is 5.56 Å². The molecule has 6 heteroatoms. The first-order chi connectivity index (χ1) is 9.20. The molecule has 100 valence electrons. The van der Waals surface area contributed by atoms with Gasteiger partial charge in [-0.25, -0.2) is 0 Å². The molecule has 0 aliphatic rings. The van der Waals surface area contributed by atoms with Crippen molar-refractivity contribution in [3.05, 3.63) is 52.4 Å². The van der Waals surface area contributed by atoms with Gasteiger partial charge in [0.25, 0.3) is 5.56 Å². The maximum Gasteiger partial charge on any atom is 0.285 e. The van der Waals surface area contributed by atoms with Gasteiger partial charge in [-0.2, -0.15) is 5.10 Å². The Morgan fingerprint density at radius 3 is 2.63 bits per heavy atom. The number of hydrogen-bond donors (Lipinski definition) is 1. The van der Waals surface area contributed by atoms with E-state index in [1.165, 1.54) is 6.07 Å². The average molecular weight is 261 g/mol. The number of para-hydroxylation sites is 2. The van der Waals surface area contributed by atoms with Crippen LogP contribution in [0.5, 0.6) is 11.5 Å². The second-order valence-electron chi connectivity index (χ2n) is 3.86. The molecule has 2 aromatic rings. The Labute approximate surface area is 110 Å². The summed E-state index contributed by atoms with van der Waals surface area (Å²) in [5, 5.41) is 3.92. The van der Waals surface area contributed by atoms with Crippen LogP contribution in [-0.2, 0) is 6.42 Å². The van der Waals surface area contributed by atoms with Crippen molar-refractivity contribution >= 4 is 0 Å². The van der Waals surface area contributed by atoms with Crippen molar-refractivity contribution in [1.82, 2.24) is 9.89 Å². The van der Waals surface area contributed by atoms with Crippen molar-refractivity contribution in [1.29, 1.82) is 0 Å². The number of nitrogens with two attached hydrogens (primary N) is 1. The molecular weight excluding hydrogens is 246 g/mol. The molecule has 1 aromatic carbocycles. The average Bonchev–Trinajstić information content (AvgIpc) is 2.43. The van der Waals surface area contributed by atoms with E-state index in [0.29, 0.717) is 30.2 Å². The van der Waals surface area contributed by atoms with Crippen molar-refractivity contribution in [3.63, 3.8) is 0 Å². The lowest BCUT2D eigenvalue weighted by molar-refractivity contribution is 0.296. The minimum Gasteiger partial charge on any atom is -0.493 e. The number of rotatable bonds is 5. The number of nitrogens with zero attached hydrogens (tertiary/aromatic N) is 2. The van der Waals surface area contributed by atoms with Crippen LogP contribution in [-0.4, -0.2) is 23.6 Å². The summed E-state index contributed by atoms with van der Waals surface area (Å²) in [6, 6.07) is 10.4. The van der Waals surface area contributed by atoms with Crippen molar-refractivity contribution in [3.8, 4) is 11.5 Å². The second kappa shape index (κ2) is 5.90. The Hall–Kier alpha value is -2.50. The molecule has 0 spiro atoms. The summed E-state index contributed by atoms with van der Waals surface area (Å²) in [7, 11) is 1.59. The van der Waals surface area contributed by atoms with Crippen molar-refractivity contribution in [2.24, 2.45) is 0 Å². The maximum absolute atomic E-state index is 11.1. The van der Waals surface area contributed by atoms with Crippen LogP contribution < -0.4 is 20.9 Å². The zero-order valence-corrected chi connectivity index (χ0v) is 10.6. The highest BCUT2D eigenvalue weighted by molar-refractivity contribution is 5.39. The minimum absolute atomic E-state index is 0.339. The lowest BCUT2D eigenvalue weighted by atomic mass is 10.3. The zero-order valence-electron chi connectivity index (χ0n) is 10.6. The van der Waals surface area contributed by atoms with Crippen LogP contribution in [0.3, 0.4) is 0 Å². The third-order valence-corrected chi connectivity index (χ3v) is 2.57. The van der Waals surface area contributed by atoms with Gasteiger partial charge in [0.2, 0.25) is 0 Å². The molecule has 1 heterocycles. The van der Waals surface area contributed by atoms with E-state index in [0.717, 1.165) is 4.79 Å². The summed E-state index contributed by atoms with van der Waals surface area (Å²) in [5.74, 6) is 6.73. The van der Waals surface area contributed by atoms with Crippen molar-refractivity contribution in [2.45, 2.75) is 6.42 Å². The Kier molecular flexibility index (Phi) is 4.02. The van der Waals surface area contributed by atoms with Gasteiger partial charge in [-0.1, -0.05) is 12.1 Å². The molecule has 0 amide bonds. The molecule has 19 heavy (non-hydrogen) atoms. The number of aromatic nitrogens is 2. The number of ether oxygens (including phenoxy) is 2. The summed E-state index contributed by atoms with van der Waals surface area (Å²) in [4.78, 5) is 11.9.